The Kier molecular flexibility index (Phi) is 2.38. The van der Waals surface area contributed by atoms with Gasteiger partial charge in [-0.2, -0.15) is 0 Å². The predicted molar refractivity (Wildman–Crippen MR) is 43.0 cm³/mol. The van der Waals surface area contributed by atoms with Crippen LogP contribution in [0.4, 0.5) is 0 Å². The van der Waals surface area contributed by atoms with Gasteiger partial charge in [-0.05, 0) is 6.42 Å². The number of carbonyl (C=O) groups is 2. The summed E-state index contributed by atoms with van der Waals surface area (Å²) in [5.41, 5.74) is 0.426. The maximum atomic E-state index is 11.1. The molecule has 0 saturated heterocycles. The van der Waals surface area contributed by atoms with Crippen molar-refractivity contribution >= 4 is 17.5 Å². The van der Waals surface area contributed by atoms with Gasteiger partial charge < -0.3 is 5.11 Å². The minimum Gasteiger partial charge on any atom is -0.480 e. The van der Waals surface area contributed by atoms with Crippen molar-refractivity contribution in [3.63, 3.8) is 0 Å². The molecule has 0 saturated carbocycles. The third kappa shape index (κ3) is 1.42. The average molecular weight is 167 g/mol. The molecule has 0 aromatic heterocycles. The van der Waals surface area contributed by atoms with Crippen LogP contribution >= 0.6 is 0 Å². The number of ketones is 1. The maximum absolute atomic E-state index is 11.1. The Morgan fingerprint density at radius 3 is 2.83 bits per heavy atom. The van der Waals surface area contributed by atoms with Crippen LogP contribution in [0.1, 0.15) is 13.3 Å². The van der Waals surface area contributed by atoms with Gasteiger partial charge in [0, 0.05) is 18.0 Å². The van der Waals surface area contributed by atoms with E-state index in [1.165, 1.54) is 12.3 Å². The largest absolute Gasteiger partial charge is 0.480 e. The quantitative estimate of drug-likeness (QED) is 0.613. The first-order valence-electron chi connectivity index (χ1n) is 3.66. The van der Waals surface area contributed by atoms with Crippen LogP contribution in [0.3, 0.4) is 0 Å². The van der Waals surface area contributed by atoms with E-state index < -0.39 is 17.7 Å². The SMILES string of the molecule is CCC1=NC=CC(=O)C1C(=O)O. The fourth-order valence-electron chi connectivity index (χ4n) is 1.10. The second-order valence-electron chi connectivity index (χ2n) is 2.46. The van der Waals surface area contributed by atoms with E-state index in [0.29, 0.717) is 12.1 Å². The monoisotopic (exact) mass is 167 g/mol. The third-order valence-electron chi connectivity index (χ3n) is 1.71. The molecule has 0 aliphatic carbocycles. The number of nitrogens with zero attached hydrogens (tertiary/aromatic N) is 1. The van der Waals surface area contributed by atoms with Crippen molar-refractivity contribution in [3.05, 3.63) is 12.3 Å². The molecule has 1 heterocycles. The highest BCUT2D eigenvalue weighted by Crippen LogP contribution is 2.11. The van der Waals surface area contributed by atoms with Crippen molar-refractivity contribution in [2.45, 2.75) is 13.3 Å². The van der Waals surface area contributed by atoms with Crippen LogP contribution in [0.25, 0.3) is 0 Å². The van der Waals surface area contributed by atoms with Crippen LogP contribution in [0, 0.1) is 5.92 Å². The number of hydrogen-bond acceptors (Lipinski definition) is 3. The minimum atomic E-state index is -1.12. The van der Waals surface area contributed by atoms with Crippen LogP contribution in [0.2, 0.25) is 0 Å². The summed E-state index contributed by atoms with van der Waals surface area (Å²) in [6.07, 6.45) is 3.03. The number of carboxylic acid groups (broad SMARTS) is 1. The summed E-state index contributed by atoms with van der Waals surface area (Å²) < 4.78 is 0. The number of hydrogen-bond donors (Lipinski definition) is 1. The zero-order chi connectivity index (χ0) is 9.14. The zero-order valence-electron chi connectivity index (χ0n) is 6.65. The molecule has 4 nitrogen and oxygen atoms in total. The number of aliphatic imine (C=N–C) groups is 1. The van der Waals surface area contributed by atoms with E-state index in [0.717, 1.165) is 0 Å². The van der Waals surface area contributed by atoms with Crippen LogP contribution in [0.5, 0.6) is 0 Å². The Morgan fingerprint density at radius 2 is 2.42 bits per heavy atom. The lowest BCUT2D eigenvalue weighted by Crippen LogP contribution is -2.31. The second-order valence-corrected chi connectivity index (χ2v) is 2.46. The number of rotatable bonds is 2. The predicted octanol–water partition coefficient (Wildman–Crippen LogP) is 0.635. The molecule has 64 valence electrons. The lowest BCUT2D eigenvalue weighted by Gasteiger charge is -2.12. The molecular formula is C8H9NO3. The summed E-state index contributed by atoms with van der Waals surface area (Å²) in [4.78, 5) is 25.5. The topological polar surface area (TPSA) is 66.7 Å². The van der Waals surface area contributed by atoms with E-state index in [-0.39, 0.29) is 0 Å². The first-order valence-corrected chi connectivity index (χ1v) is 3.66. The van der Waals surface area contributed by atoms with Gasteiger partial charge in [0.2, 0.25) is 0 Å². The molecule has 1 N–H and O–H groups in total. The fourth-order valence-corrected chi connectivity index (χ4v) is 1.10. The van der Waals surface area contributed by atoms with Crippen molar-refractivity contribution in [1.29, 1.82) is 0 Å². The van der Waals surface area contributed by atoms with Gasteiger partial charge in [0.05, 0.1) is 0 Å². The second kappa shape index (κ2) is 3.30. The van der Waals surface area contributed by atoms with Gasteiger partial charge in [0.1, 0.15) is 0 Å². The molecule has 4 heteroatoms. The number of carbonyl (C=O) groups excluding carboxylic acids is 1. The van der Waals surface area contributed by atoms with Crippen molar-refractivity contribution < 1.29 is 14.7 Å². The Morgan fingerprint density at radius 1 is 1.75 bits per heavy atom. The van der Waals surface area contributed by atoms with Gasteiger partial charge in [-0.15, -0.1) is 0 Å². The molecule has 1 aliphatic heterocycles. The Labute approximate surface area is 69.6 Å². The van der Waals surface area contributed by atoms with Crippen LogP contribution < -0.4 is 0 Å². The molecule has 0 amide bonds. The Hall–Kier alpha value is -1.45. The summed E-state index contributed by atoms with van der Waals surface area (Å²) in [5.74, 6) is -2.57. The van der Waals surface area contributed by atoms with Gasteiger partial charge in [-0.1, -0.05) is 6.92 Å². The van der Waals surface area contributed by atoms with E-state index >= 15 is 0 Å². The lowest BCUT2D eigenvalue weighted by atomic mass is 9.95. The highest BCUT2D eigenvalue weighted by atomic mass is 16.4. The van der Waals surface area contributed by atoms with Gasteiger partial charge in [-0.25, -0.2) is 0 Å². The molecule has 0 radical (unpaired) electrons. The van der Waals surface area contributed by atoms with E-state index in [2.05, 4.69) is 4.99 Å². The molecule has 0 aromatic carbocycles. The molecule has 1 rings (SSSR count). The first kappa shape index (κ1) is 8.64. The summed E-state index contributed by atoms with van der Waals surface area (Å²) in [5, 5.41) is 8.67. The standard InChI is InChI=1S/C8H9NO3/c1-2-5-7(8(11)12)6(10)3-4-9-5/h3-4,7H,2H2,1H3,(H,11,12). The van der Waals surface area contributed by atoms with Crippen molar-refractivity contribution in [3.8, 4) is 0 Å². The Balaban J connectivity index is 2.96. The highest BCUT2D eigenvalue weighted by Gasteiger charge is 2.30. The summed E-state index contributed by atoms with van der Waals surface area (Å²) in [7, 11) is 0. The smallest absolute Gasteiger partial charge is 0.320 e. The van der Waals surface area contributed by atoms with Crippen LogP contribution in [-0.4, -0.2) is 22.6 Å². The minimum absolute atomic E-state index is 0.394. The maximum Gasteiger partial charge on any atom is 0.320 e. The molecule has 0 bridgehead atoms. The van der Waals surface area contributed by atoms with Gasteiger partial charge in [-0.3, -0.25) is 14.6 Å². The summed E-state index contributed by atoms with van der Waals surface area (Å²) in [6.45, 7) is 1.78. The van der Waals surface area contributed by atoms with E-state index in [1.54, 1.807) is 6.92 Å². The van der Waals surface area contributed by atoms with Crippen LogP contribution in [0.15, 0.2) is 17.3 Å². The fraction of sp³-hybridized carbons (Fsp3) is 0.375. The number of carboxylic acids is 1. The molecule has 1 aliphatic rings. The van der Waals surface area contributed by atoms with Crippen molar-refractivity contribution in [1.82, 2.24) is 0 Å². The van der Waals surface area contributed by atoms with Gasteiger partial charge >= 0.3 is 5.97 Å². The van der Waals surface area contributed by atoms with Gasteiger partial charge in [0.25, 0.3) is 0 Å². The molecule has 0 fully saturated rings. The first-order chi connectivity index (χ1) is 5.66. The summed E-state index contributed by atoms with van der Waals surface area (Å²) in [6, 6.07) is 0. The van der Waals surface area contributed by atoms with Gasteiger partial charge in [0.15, 0.2) is 11.7 Å². The third-order valence-corrected chi connectivity index (χ3v) is 1.71. The molecule has 0 spiro atoms. The molecule has 1 atom stereocenters. The van der Waals surface area contributed by atoms with Crippen molar-refractivity contribution in [2.24, 2.45) is 10.9 Å². The van der Waals surface area contributed by atoms with Crippen LogP contribution in [-0.2, 0) is 9.59 Å². The average Bonchev–Trinajstić information content (AvgIpc) is 2.03. The molecule has 12 heavy (non-hydrogen) atoms. The summed E-state index contributed by atoms with van der Waals surface area (Å²) >= 11 is 0. The zero-order valence-corrected chi connectivity index (χ0v) is 6.65. The normalized spacial score (nSPS) is 22.2. The molecule has 0 aromatic rings. The van der Waals surface area contributed by atoms with Crippen molar-refractivity contribution in [2.75, 3.05) is 0 Å². The van der Waals surface area contributed by atoms with E-state index in [1.807, 2.05) is 0 Å². The Bertz CT molecular complexity index is 278. The number of allylic oxidation sites excluding steroid dienone is 1. The lowest BCUT2D eigenvalue weighted by molar-refractivity contribution is -0.142. The molecule has 1 unspecified atom stereocenters. The highest BCUT2D eigenvalue weighted by molar-refractivity contribution is 6.22. The number of aliphatic carboxylic acids is 1. The molecular weight excluding hydrogens is 158 g/mol. The van der Waals surface area contributed by atoms with E-state index in [4.69, 9.17) is 5.11 Å². The van der Waals surface area contributed by atoms with E-state index in [9.17, 15) is 9.59 Å².